The molecular weight excluding hydrogens is 381 g/mol. The van der Waals surface area contributed by atoms with Crippen LogP contribution in [0.2, 0.25) is 0 Å². The summed E-state index contributed by atoms with van der Waals surface area (Å²) < 4.78 is 13.3. The van der Waals surface area contributed by atoms with Crippen LogP contribution in [0.5, 0.6) is 0 Å². The second-order valence-electron chi connectivity index (χ2n) is 9.49. The highest BCUT2D eigenvalue weighted by molar-refractivity contribution is 5.78. The first-order valence-electron chi connectivity index (χ1n) is 11.6. The van der Waals surface area contributed by atoms with Crippen molar-refractivity contribution >= 4 is 11.9 Å². The first kappa shape index (κ1) is 21.1. The highest BCUT2D eigenvalue weighted by Crippen LogP contribution is 2.48. The number of hydrogen-bond donors (Lipinski definition) is 2. The average molecular weight is 416 g/mol. The van der Waals surface area contributed by atoms with Gasteiger partial charge >= 0.3 is 6.03 Å². The summed E-state index contributed by atoms with van der Waals surface area (Å²) in [6.07, 6.45) is 11.1. The minimum absolute atomic E-state index is 0.00122. The predicted molar refractivity (Wildman–Crippen MR) is 114 cm³/mol. The molecule has 3 amide bonds. The van der Waals surface area contributed by atoms with Crippen molar-refractivity contribution < 1.29 is 14.0 Å². The van der Waals surface area contributed by atoms with E-state index in [1.54, 1.807) is 12.1 Å². The van der Waals surface area contributed by atoms with E-state index in [1.165, 1.54) is 44.2 Å². The highest BCUT2D eigenvalue weighted by Gasteiger charge is 2.50. The lowest BCUT2D eigenvalue weighted by atomic mass is 9.74. The minimum Gasteiger partial charge on any atom is -0.339 e. The molecule has 0 radical (unpaired) electrons. The largest absolute Gasteiger partial charge is 0.339 e. The molecule has 0 aromatic heterocycles. The van der Waals surface area contributed by atoms with Gasteiger partial charge in [-0.15, -0.1) is 0 Å². The van der Waals surface area contributed by atoms with E-state index in [1.807, 2.05) is 0 Å². The van der Waals surface area contributed by atoms with Crippen LogP contribution in [0.3, 0.4) is 0 Å². The number of hydrogen-bond acceptors (Lipinski definition) is 2. The first-order chi connectivity index (χ1) is 14.6. The Balaban J connectivity index is 1.33. The van der Waals surface area contributed by atoms with Crippen molar-refractivity contribution in [2.75, 3.05) is 13.1 Å². The van der Waals surface area contributed by atoms with Crippen LogP contribution in [0.15, 0.2) is 24.3 Å². The molecule has 2 atom stereocenters. The van der Waals surface area contributed by atoms with E-state index in [0.29, 0.717) is 31.3 Å². The molecule has 1 saturated heterocycles. The SMILES string of the molecule is O=C(NCc1cccc(F)c1)NC[C@@]12CCC[C@H]1N(CC1CCCCC1)C(=O)CC2. The van der Waals surface area contributed by atoms with Gasteiger partial charge in [0.1, 0.15) is 5.82 Å². The van der Waals surface area contributed by atoms with Crippen LogP contribution < -0.4 is 10.6 Å². The Morgan fingerprint density at radius 1 is 1.10 bits per heavy atom. The molecule has 2 N–H and O–H groups in total. The Kier molecular flexibility index (Phi) is 6.59. The molecule has 30 heavy (non-hydrogen) atoms. The summed E-state index contributed by atoms with van der Waals surface area (Å²) in [5, 5.41) is 5.89. The molecule has 1 aromatic rings. The number of benzene rings is 1. The van der Waals surface area contributed by atoms with Gasteiger partial charge in [-0.3, -0.25) is 4.79 Å². The van der Waals surface area contributed by atoms with Gasteiger partial charge in [0.25, 0.3) is 0 Å². The van der Waals surface area contributed by atoms with Crippen molar-refractivity contribution in [2.24, 2.45) is 11.3 Å². The van der Waals surface area contributed by atoms with Crippen LogP contribution >= 0.6 is 0 Å². The van der Waals surface area contributed by atoms with Gasteiger partial charge in [-0.25, -0.2) is 9.18 Å². The van der Waals surface area contributed by atoms with Gasteiger partial charge in [-0.1, -0.05) is 37.8 Å². The summed E-state index contributed by atoms with van der Waals surface area (Å²) in [7, 11) is 0. The van der Waals surface area contributed by atoms with E-state index in [4.69, 9.17) is 0 Å². The van der Waals surface area contributed by atoms with E-state index in [2.05, 4.69) is 15.5 Å². The standard InChI is InChI=1S/C24H34FN3O2/c25-20-9-4-8-19(14-20)15-26-23(30)27-17-24-12-5-10-21(24)28(22(29)11-13-24)16-18-6-2-1-3-7-18/h4,8-9,14,18,21H,1-3,5-7,10-13,15-17H2,(H2,26,27,30)/t21-,24+/m1/s1. The molecule has 5 nitrogen and oxygen atoms in total. The molecule has 3 fully saturated rings. The van der Waals surface area contributed by atoms with Crippen LogP contribution in [0, 0.1) is 17.2 Å². The molecule has 1 aromatic carbocycles. The van der Waals surface area contributed by atoms with E-state index in [-0.39, 0.29) is 23.3 Å². The third-order valence-corrected chi connectivity index (χ3v) is 7.52. The number of urea groups is 1. The monoisotopic (exact) mass is 415 g/mol. The lowest BCUT2D eigenvalue weighted by Crippen LogP contribution is -2.57. The first-order valence-corrected chi connectivity index (χ1v) is 11.6. The number of carbonyl (C=O) groups is 2. The van der Waals surface area contributed by atoms with Crippen molar-refractivity contribution in [3.05, 3.63) is 35.6 Å². The van der Waals surface area contributed by atoms with Crippen molar-refractivity contribution in [3.8, 4) is 0 Å². The lowest BCUT2D eigenvalue weighted by molar-refractivity contribution is -0.142. The van der Waals surface area contributed by atoms with Crippen LogP contribution in [0.1, 0.15) is 69.8 Å². The van der Waals surface area contributed by atoms with Crippen molar-refractivity contribution in [1.82, 2.24) is 15.5 Å². The molecule has 3 aliphatic rings. The Morgan fingerprint density at radius 3 is 2.73 bits per heavy atom. The maximum absolute atomic E-state index is 13.3. The summed E-state index contributed by atoms with van der Waals surface area (Å²) in [5.74, 6) is 0.646. The van der Waals surface area contributed by atoms with E-state index >= 15 is 0 Å². The smallest absolute Gasteiger partial charge is 0.315 e. The second-order valence-corrected chi connectivity index (χ2v) is 9.49. The summed E-state index contributed by atoms with van der Waals surface area (Å²) >= 11 is 0. The maximum atomic E-state index is 13.3. The third-order valence-electron chi connectivity index (χ3n) is 7.52. The maximum Gasteiger partial charge on any atom is 0.315 e. The van der Waals surface area contributed by atoms with Gasteiger partial charge in [0, 0.05) is 37.5 Å². The molecular formula is C24H34FN3O2. The van der Waals surface area contributed by atoms with Crippen LogP contribution in [-0.4, -0.2) is 36.0 Å². The van der Waals surface area contributed by atoms with Gasteiger partial charge in [0.15, 0.2) is 0 Å². The number of fused-ring (bicyclic) bond motifs is 1. The Morgan fingerprint density at radius 2 is 1.93 bits per heavy atom. The molecule has 1 heterocycles. The Hall–Kier alpha value is -2.11. The van der Waals surface area contributed by atoms with Gasteiger partial charge < -0.3 is 15.5 Å². The number of carbonyl (C=O) groups excluding carboxylic acids is 2. The number of piperidine rings is 1. The van der Waals surface area contributed by atoms with Crippen molar-refractivity contribution in [1.29, 1.82) is 0 Å². The molecule has 1 aliphatic heterocycles. The van der Waals surface area contributed by atoms with E-state index in [0.717, 1.165) is 37.8 Å². The van der Waals surface area contributed by atoms with Crippen LogP contribution in [0.25, 0.3) is 0 Å². The van der Waals surface area contributed by atoms with Gasteiger partial charge in [0.2, 0.25) is 5.91 Å². The quantitative estimate of drug-likeness (QED) is 0.725. The van der Waals surface area contributed by atoms with E-state index in [9.17, 15) is 14.0 Å². The van der Waals surface area contributed by atoms with Gasteiger partial charge in [-0.2, -0.15) is 0 Å². The fourth-order valence-electron chi connectivity index (χ4n) is 5.89. The van der Waals surface area contributed by atoms with Crippen molar-refractivity contribution in [3.63, 3.8) is 0 Å². The zero-order valence-electron chi connectivity index (χ0n) is 17.8. The summed E-state index contributed by atoms with van der Waals surface area (Å²) in [4.78, 5) is 27.3. The number of rotatable bonds is 6. The molecule has 0 spiro atoms. The highest BCUT2D eigenvalue weighted by atomic mass is 19.1. The van der Waals surface area contributed by atoms with Gasteiger partial charge in [-0.05, 0) is 55.7 Å². The van der Waals surface area contributed by atoms with Gasteiger partial charge in [0.05, 0.1) is 0 Å². The number of nitrogens with zero attached hydrogens (tertiary/aromatic N) is 1. The molecule has 2 aliphatic carbocycles. The lowest BCUT2D eigenvalue weighted by Gasteiger charge is -2.47. The molecule has 0 unspecified atom stereocenters. The summed E-state index contributed by atoms with van der Waals surface area (Å²) in [6.45, 7) is 1.80. The Labute approximate surface area is 178 Å². The summed E-state index contributed by atoms with van der Waals surface area (Å²) in [5.41, 5.74) is 0.739. The normalized spacial score (nSPS) is 27.0. The summed E-state index contributed by atoms with van der Waals surface area (Å²) in [6, 6.07) is 6.30. The molecule has 164 valence electrons. The number of likely N-dealkylation sites (tertiary alicyclic amines) is 1. The average Bonchev–Trinajstić information content (AvgIpc) is 3.18. The number of halogens is 1. The Bertz CT molecular complexity index is 765. The molecule has 2 saturated carbocycles. The zero-order chi connectivity index (χ0) is 21.0. The number of amides is 3. The fourth-order valence-corrected chi connectivity index (χ4v) is 5.89. The fraction of sp³-hybridized carbons (Fsp3) is 0.667. The second kappa shape index (κ2) is 9.36. The van der Waals surface area contributed by atoms with Crippen molar-refractivity contribution in [2.45, 2.75) is 76.8 Å². The topological polar surface area (TPSA) is 61.4 Å². The predicted octanol–water partition coefficient (Wildman–Crippen LogP) is 4.37. The number of nitrogens with one attached hydrogen (secondary N) is 2. The zero-order valence-corrected chi connectivity index (χ0v) is 17.8. The molecule has 0 bridgehead atoms. The van der Waals surface area contributed by atoms with E-state index < -0.39 is 0 Å². The minimum atomic E-state index is -0.299. The van der Waals surface area contributed by atoms with Crippen LogP contribution in [0.4, 0.5) is 9.18 Å². The molecule has 6 heteroatoms. The molecule has 4 rings (SSSR count). The van der Waals surface area contributed by atoms with Crippen LogP contribution in [-0.2, 0) is 11.3 Å². The third kappa shape index (κ3) is 4.79.